The minimum absolute atomic E-state index is 0.171. The lowest BCUT2D eigenvalue weighted by molar-refractivity contribution is -0.125. The third kappa shape index (κ3) is 4.35. The second-order valence-electron chi connectivity index (χ2n) is 5.21. The molecule has 0 aromatic carbocycles. The fourth-order valence-electron chi connectivity index (χ4n) is 2.48. The molecule has 1 aliphatic rings. The van der Waals surface area contributed by atoms with Gasteiger partial charge in [-0.3, -0.25) is 4.79 Å². The van der Waals surface area contributed by atoms with Crippen molar-refractivity contribution in [2.45, 2.75) is 39.2 Å². The minimum Gasteiger partial charge on any atom is -0.356 e. The van der Waals surface area contributed by atoms with Gasteiger partial charge in [0.05, 0.1) is 5.92 Å². The molecule has 5 nitrogen and oxygen atoms in total. The molecule has 106 valence electrons. The van der Waals surface area contributed by atoms with E-state index < -0.39 is 0 Å². The molecule has 5 heteroatoms. The highest BCUT2D eigenvalue weighted by molar-refractivity contribution is 5.78. The summed E-state index contributed by atoms with van der Waals surface area (Å²) < 4.78 is 2.15. The first-order valence-corrected chi connectivity index (χ1v) is 7.23. The molecule has 1 aromatic heterocycles. The number of imidazole rings is 1. The number of carbonyl (C=O) groups is 1. The molecule has 19 heavy (non-hydrogen) atoms. The summed E-state index contributed by atoms with van der Waals surface area (Å²) in [5.41, 5.74) is 0. The van der Waals surface area contributed by atoms with Crippen LogP contribution in [0, 0.1) is 12.8 Å². The Kier molecular flexibility index (Phi) is 5.39. The Hall–Kier alpha value is -1.36. The van der Waals surface area contributed by atoms with Crippen molar-refractivity contribution in [1.29, 1.82) is 0 Å². The first-order valence-electron chi connectivity index (χ1n) is 7.23. The van der Waals surface area contributed by atoms with E-state index in [1.54, 1.807) is 0 Å². The largest absolute Gasteiger partial charge is 0.356 e. The molecule has 2 rings (SSSR count). The van der Waals surface area contributed by atoms with Crippen LogP contribution in [0.25, 0.3) is 0 Å². The number of aromatic nitrogens is 2. The molecule has 1 unspecified atom stereocenters. The van der Waals surface area contributed by atoms with Gasteiger partial charge >= 0.3 is 0 Å². The Balaban J connectivity index is 1.56. The van der Waals surface area contributed by atoms with Crippen molar-refractivity contribution < 1.29 is 4.79 Å². The number of unbranched alkanes of at least 4 members (excludes halogenated alkanes) is 1. The quantitative estimate of drug-likeness (QED) is 0.756. The number of aryl methyl sites for hydroxylation is 2. The SMILES string of the molecule is Cc1nccn1CCCCNC(=O)C1CCCNC1. The van der Waals surface area contributed by atoms with Crippen LogP contribution < -0.4 is 10.6 Å². The van der Waals surface area contributed by atoms with Crippen LogP contribution in [-0.2, 0) is 11.3 Å². The zero-order chi connectivity index (χ0) is 13.5. The maximum Gasteiger partial charge on any atom is 0.224 e. The molecule has 2 N–H and O–H groups in total. The van der Waals surface area contributed by atoms with Crippen molar-refractivity contribution in [1.82, 2.24) is 20.2 Å². The van der Waals surface area contributed by atoms with Crippen molar-refractivity contribution in [3.05, 3.63) is 18.2 Å². The van der Waals surface area contributed by atoms with Gasteiger partial charge in [0.15, 0.2) is 0 Å². The molecule has 0 radical (unpaired) electrons. The first-order chi connectivity index (χ1) is 9.27. The molecule has 0 aliphatic carbocycles. The lowest BCUT2D eigenvalue weighted by atomic mass is 9.99. The van der Waals surface area contributed by atoms with Crippen molar-refractivity contribution in [3.8, 4) is 0 Å². The normalized spacial score (nSPS) is 19.3. The van der Waals surface area contributed by atoms with Crippen molar-refractivity contribution in [2.24, 2.45) is 5.92 Å². The van der Waals surface area contributed by atoms with E-state index >= 15 is 0 Å². The summed E-state index contributed by atoms with van der Waals surface area (Å²) in [5.74, 6) is 1.44. The highest BCUT2D eigenvalue weighted by Crippen LogP contribution is 2.09. The van der Waals surface area contributed by atoms with Gasteiger partial charge in [0.1, 0.15) is 5.82 Å². The predicted molar refractivity (Wildman–Crippen MR) is 74.8 cm³/mol. The summed E-state index contributed by atoms with van der Waals surface area (Å²) in [7, 11) is 0. The van der Waals surface area contributed by atoms with E-state index in [4.69, 9.17) is 0 Å². The first kappa shape index (κ1) is 14.1. The van der Waals surface area contributed by atoms with E-state index in [1.807, 2.05) is 19.3 Å². The minimum atomic E-state index is 0.171. The van der Waals surface area contributed by atoms with Gasteiger partial charge in [0.2, 0.25) is 5.91 Å². The van der Waals surface area contributed by atoms with Gasteiger partial charge in [0.25, 0.3) is 0 Å². The van der Waals surface area contributed by atoms with Crippen LogP contribution in [0.1, 0.15) is 31.5 Å². The Labute approximate surface area is 114 Å². The zero-order valence-corrected chi connectivity index (χ0v) is 11.7. The number of hydrogen-bond acceptors (Lipinski definition) is 3. The van der Waals surface area contributed by atoms with E-state index in [-0.39, 0.29) is 11.8 Å². The van der Waals surface area contributed by atoms with Crippen molar-refractivity contribution in [3.63, 3.8) is 0 Å². The van der Waals surface area contributed by atoms with Gasteiger partial charge in [-0.05, 0) is 39.2 Å². The molecule has 0 bridgehead atoms. The molecule has 1 saturated heterocycles. The molecule has 1 aromatic rings. The molecule has 1 atom stereocenters. The summed E-state index contributed by atoms with van der Waals surface area (Å²) in [4.78, 5) is 16.1. The molecule has 0 saturated carbocycles. The monoisotopic (exact) mass is 264 g/mol. The number of amides is 1. The van der Waals surface area contributed by atoms with Crippen LogP contribution >= 0.6 is 0 Å². The van der Waals surface area contributed by atoms with Gasteiger partial charge < -0.3 is 15.2 Å². The van der Waals surface area contributed by atoms with Crippen LogP contribution in [-0.4, -0.2) is 35.1 Å². The molecular weight excluding hydrogens is 240 g/mol. The van der Waals surface area contributed by atoms with Gasteiger partial charge in [-0.1, -0.05) is 0 Å². The number of hydrogen-bond donors (Lipinski definition) is 2. The van der Waals surface area contributed by atoms with Crippen LogP contribution in [0.15, 0.2) is 12.4 Å². The molecule has 1 fully saturated rings. The number of carbonyl (C=O) groups excluding carboxylic acids is 1. The third-order valence-electron chi connectivity index (χ3n) is 3.72. The summed E-state index contributed by atoms with van der Waals surface area (Å²) in [6, 6.07) is 0. The van der Waals surface area contributed by atoms with Gasteiger partial charge in [-0.15, -0.1) is 0 Å². The number of nitrogens with one attached hydrogen (secondary N) is 2. The zero-order valence-electron chi connectivity index (χ0n) is 11.7. The third-order valence-corrected chi connectivity index (χ3v) is 3.72. The lowest BCUT2D eigenvalue weighted by Crippen LogP contribution is -2.40. The molecule has 1 amide bonds. The highest BCUT2D eigenvalue weighted by atomic mass is 16.1. The van der Waals surface area contributed by atoms with Crippen molar-refractivity contribution in [2.75, 3.05) is 19.6 Å². The van der Waals surface area contributed by atoms with Crippen LogP contribution in [0.4, 0.5) is 0 Å². The molecule has 2 heterocycles. The summed E-state index contributed by atoms with van der Waals surface area (Å²) in [6.07, 6.45) is 8.05. The predicted octanol–water partition coefficient (Wildman–Crippen LogP) is 1.09. The molecular formula is C14H24N4O. The number of piperidine rings is 1. The van der Waals surface area contributed by atoms with E-state index in [0.29, 0.717) is 0 Å². The number of nitrogens with zero attached hydrogens (tertiary/aromatic N) is 2. The van der Waals surface area contributed by atoms with E-state index in [0.717, 1.165) is 57.7 Å². The highest BCUT2D eigenvalue weighted by Gasteiger charge is 2.19. The maximum atomic E-state index is 11.9. The van der Waals surface area contributed by atoms with E-state index in [2.05, 4.69) is 20.2 Å². The average molecular weight is 264 g/mol. The molecule has 1 aliphatic heterocycles. The summed E-state index contributed by atoms with van der Waals surface area (Å²) in [5, 5.41) is 6.31. The Morgan fingerprint density at radius 2 is 2.47 bits per heavy atom. The average Bonchev–Trinajstić information content (AvgIpc) is 2.85. The topological polar surface area (TPSA) is 59.0 Å². The summed E-state index contributed by atoms with van der Waals surface area (Å²) >= 11 is 0. The van der Waals surface area contributed by atoms with E-state index in [9.17, 15) is 4.79 Å². The van der Waals surface area contributed by atoms with Gasteiger partial charge in [-0.2, -0.15) is 0 Å². The van der Waals surface area contributed by atoms with Crippen LogP contribution in [0.5, 0.6) is 0 Å². The number of rotatable bonds is 6. The van der Waals surface area contributed by atoms with Gasteiger partial charge in [-0.25, -0.2) is 4.98 Å². The fraction of sp³-hybridized carbons (Fsp3) is 0.714. The maximum absolute atomic E-state index is 11.9. The fourth-order valence-corrected chi connectivity index (χ4v) is 2.48. The van der Waals surface area contributed by atoms with Crippen LogP contribution in [0.2, 0.25) is 0 Å². The Morgan fingerprint density at radius 1 is 1.58 bits per heavy atom. The molecule has 0 spiro atoms. The van der Waals surface area contributed by atoms with E-state index in [1.165, 1.54) is 0 Å². The smallest absolute Gasteiger partial charge is 0.224 e. The van der Waals surface area contributed by atoms with Crippen molar-refractivity contribution >= 4 is 5.91 Å². The summed E-state index contributed by atoms with van der Waals surface area (Å²) in [6.45, 7) is 5.65. The lowest BCUT2D eigenvalue weighted by Gasteiger charge is -2.21. The second-order valence-corrected chi connectivity index (χ2v) is 5.21. The Morgan fingerprint density at radius 3 is 3.16 bits per heavy atom. The van der Waals surface area contributed by atoms with Gasteiger partial charge in [0, 0.05) is 32.0 Å². The second kappa shape index (κ2) is 7.28. The standard InChI is InChI=1S/C14H24N4O/c1-12-16-8-10-18(12)9-3-2-7-17-14(19)13-5-4-6-15-11-13/h8,10,13,15H,2-7,9,11H2,1H3,(H,17,19). The Bertz CT molecular complexity index is 396. The van der Waals surface area contributed by atoms with Crippen LogP contribution in [0.3, 0.4) is 0 Å².